The van der Waals surface area contributed by atoms with Gasteiger partial charge in [-0.15, -0.1) is 0 Å². The number of para-hydroxylation sites is 1. The molecule has 4 heteroatoms. The third-order valence-electron chi connectivity index (χ3n) is 4.58. The predicted molar refractivity (Wildman–Crippen MR) is 102 cm³/mol. The highest BCUT2D eigenvalue weighted by molar-refractivity contribution is 7.80. The Bertz CT molecular complexity index is 704. The minimum Gasteiger partial charge on any atom is -0.366 e. The van der Waals surface area contributed by atoms with Crippen LogP contribution in [0.1, 0.15) is 30.9 Å². The Morgan fingerprint density at radius 1 is 0.958 bits per heavy atom. The van der Waals surface area contributed by atoms with Crippen LogP contribution in [0.2, 0.25) is 0 Å². The van der Waals surface area contributed by atoms with E-state index in [9.17, 15) is 4.39 Å². The molecule has 0 radical (unpaired) electrons. The van der Waals surface area contributed by atoms with E-state index < -0.39 is 0 Å². The lowest BCUT2D eigenvalue weighted by molar-refractivity contribution is 0.390. The van der Waals surface area contributed by atoms with Crippen molar-refractivity contribution < 1.29 is 4.39 Å². The van der Waals surface area contributed by atoms with Crippen LogP contribution in [0, 0.1) is 5.82 Å². The minimum absolute atomic E-state index is 0.155. The van der Waals surface area contributed by atoms with Crippen molar-refractivity contribution in [2.45, 2.75) is 19.8 Å². The molecule has 3 rings (SSSR count). The number of halogens is 1. The van der Waals surface area contributed by atoms with Crippen LogP contribution < -0.4 is 4.90 Å². The molecule has 2 nitrogen and oxygen atoms in total. The van der Waals surface area contributed by atoms with Crippen molar-refractivity contribution in [2.24, 2.45) is 0 Å². The lowest BCUT2D eigenvalue weighted by Gasteiger charge is -2.37. The Kier molecular flexibility index (Phi) is 5.14. The van der Waals surface area contributed by atoms with Gasteiger partial charge in [-0.3, -0.25) is 0 Å². The van der Waals surface area contributed by atoms with E-state index in [2.05, 4.69) is 47.9 Å². The average Bonchev–Trinajstić information content (AvgIpc) is 2.62. The van der Waals surface area contributed by atoms with Crippen LogP contribution in [0.4, 0.5) is 10.1 Å². The van der Waals surface area contributed by atoms with Gasteiger partial charge in [0.2, 0.25) is 0 Å². The molecule has 0 unspecified atom stereocenters. The maximum atomic E-state index is 13.9. The molecule has 0 N–H and O–H groups in total. The number of benzene rings is 2. The molecule has 0 amide bonds. The summed E-state index contributed by atoms with van der Waals surface area (Å²) < 4.78 is 13.9. The van der Waals surface area contributed by atoms with E-state index in [0.717, 1.165) is 36.7 Å². The molecule has 1 aliphatic heterocycles. The van der Waals surface area contributed by atoms with Gasteiger partial charge in [0.25, 0.3) is 0 Å². The molecular weight excluding hydrogens is 319 g/mol. The zero-order valence-corrected chi connectivity index (χ0v) is 15.0. The fourth-order valence-electron chi connectivity index (χ4n) is 3.05. The molecule has 0 aromatic heterocycles. The molecule has 1 aliphatic rings. The van der Waals surface area contributed by atoms with Crippen molar-refractivity contribution in [3.05, 3.63) is 65.5 Å². The minimum atomic E-state index is -0.155. The van der Waals surface area contributed by atoms with Gasteiger partial charge in [0.05, 0.1) is 5.69 Å². The quantitative estimate of drug-likeness (QED) is 0.761. The van der Waals surface area contributed by atoms with Crippen molar-refractivity contribution in [1.82, 2.24) is 4.90 Å². The Morgan fingerprint density at radius 2 is 1.58 bits per heavy atom. The van der Waals surface area contributed by atoms with Crippen LogP contribution in [0.15, 0.2) is 48.5 Å². The number of hydrogen-bond acceptors (Lipinski definition) is 2. The van der Waals surface area contributed by atoms with Crippen molar-refractivity contribution in [3.63, 3.8) is 0 Å². The lowest BCUT2D eigenvalue weighted by Crippen LogP contribution is -2.48. The monoisotopic (exact) mass is 342 g/mol. The molecule has 0 saturated carbocycles. The molecule has 2 aromatic carbocycles. The normalized spacial score (nSPS) is 15.0. The van der Waals surface area contributed by atoms with Gasteiger partial charge < -0.3 is 9.80 Å². The van der Waals surface area contributed by atoms with Gasteiger partial charge in [0.15, 0.2) is 0 Å². The van der Waals surface area contributed by atoms with Gasteiger partial charge in [-0.2, -0.15) is 0 Å². The van der Waals surface area contributed by atoms with Gasteiger partial charge in [-0.1, -0.05) is 62.5 Å². The van der Waals surface area contributed by atoms with Crippen molar-refractivity contribution in [1.29, 1.82) is 0 Å². The molecule has 1 saturated heterocycles. The second kappa shape index (κ2) is 7.31. The second-order valence-electron chi connectivity index (χ2n) is 6.51. The number of piperazine rings is 1. The first-order valence-electron chi connectivity index (χ1n) is 8.45. The van der Waals surface area contributed by atoms with Crippen molar-refractivity contribution >= 4 is 22.9 Å². The summed E-state index contributed by atoms with van der Waals surface area (Å²) >= 11 is 5.66. The third kappa shape index (κ3) is 3.59. The molecule has 0 aliphatic carbocycles. The molecular formula is C20H23FN2S. The van der Waals surface area contributed by atoms with Crippen LogP contribution in [-0.2, 0) is 0 Å². The molecule has 24 heavy (non-hydrogen) atoms. The fraction of sp³-hybridized carbons (Fsp3) is 0.350. The fourth-order valence-corrected chi connectivity index (χ4v) is 3.37. The number of hydrogen-bond donors (Lipinski definition) is 0. The lowest BCUT2D eigenvalue weighted by atomic mass is 10.0. The second-order valence-corrected chi connectivity index (χ2v) is 6.89. The molecule has 0 spiro atoms. The van der Waals surface area contributed by atoms with Crippen LogP contribution in [0.5, 0.6) is 0 Å². The smallest absolute Gasteiger partial charge is 0.146 e. The maximum absolute atomic E-state index is 13.9. The molecule has 126 valence electrons. The van der Waals surface area contributed by atoms with E-state index in [1.165, 1.54) is 11.6 Å². The number of rotatable bonds is 3. The third-order valence-corrected chi connectivity index (χ3v) is 5.08. The number of anilines is 1. The van der Waals surface area contributed by atoms with Gasteiger partial charge >= 0.3 is 0 Å². The van der Waals surface area contributed by atoms with E-state index in [-0.39, 0.29) is 5.82 Å². The maximum Gasteiger partial charge on any atom is 0.146 e. The highest BCUT2D eigenvalue weighted by Gasteiger charge is 2.21. The van der Waals surface area contributed by atoms with Gasteiger partial charge in [0.1, 0.15) is 10.8 Å². The summed E-state index contributed by atoms with van der Waals surface area (Å²) in [5, 5.41) is 0. The molecule has 0 atom stereocenters. The number of thiocarbonyl (C=S) groups is 1. The largest absolute Gasteiger partial charge is 0.366 e. The number of nitrogens with zero attached hydrogens (tertiary/aromatic N) is 2. The molecule has 2 aromatic rings. The summed E-state index contributed by atoms with van der Waals surface area (Å²) in [6.45, 7) is 7.58. The standard InChI is InChI=1S/C20H23FN2S/c1-15(2)16-7-9-17(10-8-16)20(24)23-13-11-22(12-14-23)19-6-4-3-5-18(19)21/h3-10,15H,11-14H2,1-2H3. The summed E-state index contributed by atoms with van der Waals surface area (Å²) in [5.74, 6) is 0.370. The molecule has 1 heterocycles. The van der Waals surface area contributed by atoms with E-state index in [1.807, 2.05) is 12.1 Å². The van der Waals surface area contributed by atoms with E-state index in [1.54, 1.807) is 6.07 Å². The van der Waals surface area contributed by atoms with Crippen molar-refractivity contribution in [3.8, 4) is 0 Å². The Balaban J connectivity index is 1.64. The topological polar surface area (TPSA) is 6.48 Å². The average molecular weight is 342 g/mol. The molecule has 1 fully saturated rings. The highest BCUT2D eigenvalue weighted by atomic mass is 32.1. The van der Waals surface area contributed by atoms with Crippen LogP contribution in [0.3, 0.4) is 0 Å². The zero-order valence-electron chi connectivity index (χ0n) is 14.2. The van der Waals surface area contributed by atoms with E-state index in [4.69, 9.17) is 12.2 Å². The summed E-state index contributed by atoms with van der Waals surface area (Å²) in [6.07, 6.45) is 0. The molecule has 0 bridgehead atoms. The first kappa shape index (κ1) is 16.9. The van der Waals surface area contributed by atoms with Crippen LogP contribution in [0.25, 0.3) is 0 Å². The van der Waals surface area contributed by atoms with Gasteiger partial charge in [-0.05, 0) is 23.6 Å². The Hall–Kier alpha value is -1.94. The summed E-state index contributed by atoms with van der Waals surface area (Å²) in [4.78, 5) is 5.20. The summed E-state index contributed by atoms with van der Waals surface area (Å²) in [6, 6.07) is 15.5. The van der Waals surface area contributed by atoms with E-state index >= 15 is 0 Å². The Morgan fingerprint density at radius 3 is 2.17 bits per heavy atom. The SMILES string of the molecule is CC(C)c1ccc(C(=S)N2CCN(c3ccccc3F)CC2)cc1. The van der Waals surface area contributed by atoms with Gasteiger partial charge in [0, 0.05) is 31.7 Å². The zero-order chi connectivity index (χ0) is 17.1. The predicted octanol–water partition coefficient (Wildman–Crippen LogP) is 4.45. The summed E-state index contributed by atoms with van der Waals surface area (Å²) in [5.41, 5.74) is 3.10. The van der Waals surface area contributed by atoms with Crippen LogP contribution >= 0.6 is 12.2 Å². The van der Waals surface area contributed by atoms with Gasteiger partial charge in [-0.25, -0.2) is 4.39 Å². The van der Waals surface area contributed by atoms with E-state index in [0.29, 0.717) is 11.6 Å². The highest BCUT2D eigenvalue weighted by Crippen LogP contribution is 2.21. The first-order valence-corrected chi connectivity index (χ1v) is 8.86. The van der Waals surface area contributed by atoms with Crippen LogP contribution in [-0.4, -0.2) is 36.1 Å². The first-order chi connectivity index (χ1) is 11.6. The Labute approximate surface area is 148 Å². The van der Waals surface area contributed by atoms with Crippen molar-refractivity contribution in [2.75, 3.05) is 31.1 Å². The summed E-state index contributed by atoms with van der Waals surface area (Å²) in [7, 11) is 0.